The van der Waals surface area contributed by atoms with Crippen molar-refractivity contribution in [3.63, 3.8) is 0 Å². The smallest absolute Gasteiger partial charge is 0.326 e. The molecule has 0 bridgehead atoms. The van der Waals surface area contributed by atoms with E-state index < -0.39 is 12.0 Å². The molecule has 1 aromatic carbocycles. The van der Waals surface area contributed by atoms with Crippen molar-refractivity contribution in [3.05, 3.63) is 95.6 Å². The number of aromatic nitrogens is 2. The van der Waals surface area contributed by atoms with E-state index in [1.807, 2.05) is 48.5 Å². The third-order valence-electron chi connectivity index (χ3n) is 6.44. The molecule has 0 saturated heterocycles. The van der Waals surface area contributed by atoms with Gasteiger partial charge in [0.25, 0.3) is 5.91 Å². The lowest BCUT2D eigenvalue weighted by Gasteiger charge is -2.21. The van der Waals surface area contributed by atoms with Crippen LogP contribution in [-0.4, -0.2) is 39.0 Å². The van der Waals surface area contributed by atoms with E-state index in [0.29, 0.717) is 38.0 Å². The van der Waals surface area contributed by atoms with E-state index in [4.69, 9.17) is 0 Å². The third kappa shape index (κ3) is 10.4. The molecule has 0 aliphatic carbocycles. The van der Waals surface area contributed by atoms with Gasteiger partial charge in [-0.3, -0.25) is 14.8 Å². The zero-order valence-corrected chi connectivity index (χ0v) is 22.1. The third-order valence-corrected chi connectivity index (χ3v) is 6.44. The van der Waals surface area contributed by atoms with Crippen molar-refractivity contribution < 1.29 is 14.7 Å². The Morgan fingerprint density at radius 1 is 0.816 bits per heavy atom. The molecule has 2 atom stereocenters. The summed E-state index contributed by atoms with van der Waals surface area (Å²) in [4.78, 5) is 33.4. The maximum absolute atomic E-state index is 12.8. The summed E-state index contributed by atoms with van der Waals surface area (Å²) in [7, 11) is 0. The molecule has 0 saturated carbocycles. The molecule has 0 aliphatic rings. The van der Waals surface area contributed by atoms with Crippen LogP contribution in [0.2, 0.25) is 0 Å². The van der Waals surface area contributed by atoms with Gasteiger partial charge in [-0.2, -0.15) is 0 Å². The number of benzene rings is 1. The Hall–Kier alpha value is -3.62. The quantitative estimate of drug-likeness (QED) is 0.195. The molecule has 0 fully saturated rings. The fraction of sp³-hybridized carbons (Fsp3) is 0.400. The van der Waals surface area contributed by atoms with Crippen LogP contribution < -0.4 is 16.0 Å². The number of hydrogen-bond donors (Lipinski definition) is 4. The van der Waals surface area contributed by atoms with E-state index in [1.54, 1.807) is 24.5 Å². The molecule has 202 valence electrons. The maximum atomic E-state index is 12.8. The fourth-order valence-corrected chi connectivity index (χ4v) is 4.22. The number of carboxylic acid groups (broad SMARTS) is 1. The number of carbonyl (C=O) groups is 2. The van der Waals surface area contributed by atoms with Crippen LogP contribution in [0.25, 0.3) is 0 Å². The molecule has 3 aromatic rings. The molecule has 0 aliphatic heterocycles. The summed E-state index contributed by atoms with van der Waals surface area (Å²) >= 11 is 0. The minimum atomic E-state index is -1.02. The molecular formula is C30H39N5O3. The van der Waals surface area contributed by atoms with Crippen LogP contribution >= 0.6 is 0 Å². The SMILES string of the molecule is CCCCCC(CCC(NC(=O)c1ccc(CNCc2ccccn2)cc1)C(=O)O)NCc1ccccn1. The second-order valence-electron chi connectivity index (χ2n) is 9.46. The number of pyridine rings is 2. The van der Waals surface area contributed by atoms with Gasteiger partial charge in [0, 0.05) is 43.6 Å². The number of carboxylic acids is 1. The average molecular weight is 518 g/mol. The zero-order valence-electron chi connectivity index (χ0n) is 22.1. The Bertz CT molecular complexity index is 1090. The number of amides is 1. The van der Waals surface area contributed by atoms with Gasteiger partial charge in [-0.15, -0.1) is 0 Å². The average Bonchev–Trinajstić information content (AvgIpc) is 2.94. The number of unbranched alkanes of at least 4 members (excludes halogenated alkanes) is 2. The first-order chi connectivity index (χ1) is 18.5. The standard InChI is InChI=1S/C30H39N5O3/c1-2-3-4-9-25(34-22-27-11-6-8-19-33-27)16-17-28(30(37)38)35-29(36)24-14-12-23(13-15-24)20-31-21-26-10-5-7-18-32-26/h5-8,10-15,18-19,25,28,31,34H,2-4,9,16-17,20-22H2,1H3,(H,35,36)(H,37,38). The Morgan fingerprint density at radius 2 is 1.50 bits per heavy atom. The van der Waals surface area contributed by atoms with Crippen LogP contribution in [0.15, 0.2) is 73.1 Å². The van der Waals surface area contributed by atoms with Gasteiger partial charge in [0.15, 0.2) is 0 Å². The Balaban J connectivity index is 1.49. The Labute approximate surface area is 225 Å². The highest BCUT2D eigenvalue weighted by atomic mass is 16.4. The highest BCUT2D eigenvalue weighted by Crippen LogP contribution is 2.13. The number of carbonyl (C=O) groups excluding carboxylic acids is 1. The molecule has 2 aromatic heterocycles. The summed E-state index contributed by atoms with van der Waals surface area (Å²) in [6.45, 7) is 4.09. The molecule has 3 rings (SSSR count). The lowest BCUT2D eigenvalue weighted by atomic mass is 10.00. The molecule has 8 nitrogen and oxygen atoms in total. The van der Waals surface area contributed by atoms with Crippen LogP contribution in [0.5, 0.6) is 0 Å². The van der Waals surface area contributed by atoms with Crippen molar-refractivity contribution in [2.45, 2.75) is 77.2 Å². The van der Waals surface area contributed by atoms with Gasteiger partial charge < -0.3 is 21.1 Å². The molecule has 38 heavy (non-hydrogen) atoms. The van der Waals surface area contributed by atoms with Gasteiger partial charge in [0.05, 0.1) is 11.4 Å². The highest BCUT2D eigenvalue weighted by molar-refractivity contribution is 5.96. The first-order valence-corrected chi connectivity index (χ1v) is 13.4. The van der Waals surface area contributed by atoms with Crippen LogP contribution in [0, 0.1) is 0 Å². The number of nitrogens with one attached hydrogen (secondary N) is 3. The van der Waals surface area contributed by atoms with E-state index in [1.165, 1.54) is 0 Å². The topological polar surface area (TPSA) is 116 Å². The van der Waals surface area contributed by atoms with Gasteiger partial charge >= 0.3 is 5.97 Å². The summed E-state index contributed by atoms with van der Waals surface area (Å²) in [6.07, 6.45) is 8.82. The lowest BCUT2D eigenvalue weighted by molar-refractivity contribution is -0.139. The van der Waals surface area contributed by atoms with E-state index in [9.17, 15) is 14.7 Å². The first kappa shape index (κ1) is 28.9. The van der Waals surface area contributed by atoms with Crippen LogP contribution in [0.1, 0.15) is 72.8 Å². The summed E-state index contributed by atoms with van der Waals surface area (Å²) in [6, 6.07) is 18.0. The molecular weight excluding hydrogens is 478 g/mol. The molecule has 0 radical (unpaired) electrons. The number of rotatable bonds is 17. The highest BCUT2D eigenvalue weighted by Gasteiger charge is 2.22. The van der Waals surface area contributed by atoms with E-state index >= 15 is 0 Å². The van der Waals surface area contributed by atoms with Gasteiger partial charge in [-0.25, -0.2) is 4.79 Å². The molecule has 4 N–H and O–H groups in total. The van der Waals surface area contributed by atoms with Crippen molar-refractivity contribution in [1.29, 1.82) is 0 Å². The van der Waals surface area contributed by atoms with Crippen molar-refractivity contribution in [3.8, 4) is 0 Å². The fourth-order valence-electron chi connectivity index (χ4n) is 4.22. The number of nitrogens with zero attached hydrogens (tertiary/aromatic N) is 2. The predicted molar refractivity (Wildman–Crippen MR) is 148 cm³/mol. The minimum absolute atomic E-state index is 0.153. The van der Waals surface area contributed by atoms with Crippen molar-refractivity contribution >= 4 is 11.9 Å². The van der Waals surface area contributed by atoms with Crippen molar-refractivity contribution in [2.75, 3.05) is 0 Å². The van der Waals surface area contributed by atoms with Gasteiger partial charge in [-0.05, 0) is 61.2 Å². The Morgan fingerprint density at radius 3 is 2.11 bits per heavy atom. The first-order valence-electron chi connectivity index (χ1n) is 13.4. The summed E-state index contributed by atoms with van der Waals surface area (Å²) in [5, 5.41) is 19.4. The predicted octanol–water partition coefficient (Wildman–Crippen LogP) is 4.47. The Kier molecular flexibility index (Phi) is 12.4. The van der Waals surface area contributed by atoms with E-state index in [0.717, 1.165) is 42.6 Å². The number of hydrogen-bond acceptors (Lipinski definition) is 6. The second kappa shape index (κ2) is 16.3. The molecule has 8 heteroatoms. The van der Waals surface area contributed by atoms with Gasteiger partial charge in [0.1, 0.15) is 6.04 Å². The maximum Gasteiger partial charge on any atom is 0.326 e. The molecule has 1 amide bonds. The second-order valence-corrected chi connectivity index (χ2v) is 9.46. The van der Waals surface area contributed by atoms with Gasteiger partial charge in [-0.1, -0.05) is 50.5 Å². The van der Waals surface area contributed by atoms with Crippen molar-refractivity contribution in [1.82, 2.24) is 25.9 Å². The largest absolute Gasteiger partial charge is 0.480 e. The lowest BCUT2D eigenvalue weighted by Crippen LogP contribution is -2.42. The molecule has 2 unspecified atom stereocenters. The summed E-state index contributed by atoms with van der Waals surface area (Å²) < 4.78 is 0. The van der Waals surface area contributed by atoms with Crippen LogP contribution in [0.4, 0.5) is 0 Å². The molecule has 2 heterocycles. The monoisotopic (exact) mass is 517 g/mol. The van der Waals surface area contributed by atoms with E-state index in [2.05, 4.69) is 32.8 Å². The summed E-state index contributed by atoms with van der Waals surface area (Å²) in [5.41, 5.74) is 3.38. The zero-order chi connectivity index (χ0) is 27.0. The van der Waals surface area contributed by atoms with Crippen LogP contribution in [-0.2, 0) is 24.4 Å². The minimum Gasteiger partial charge on any atom is -0.480 e. The van der Waals surface area contributed by atoms with E-state index in [-0.39, 0.29) is 11.9 Å². The normalized spacial score (nSPS) is 12.6. The van der Waals surface area contributed by atoms with Gasteiger partial charge in [0.2, 0.25) is 0 Å². The molecule has 0 spiro atoms. The van der Waals surface area contributed by atoms with Crippen molar-refractivity contribution in [2.24, 2.45) is 0 Å². The summed E-state index contributed by atoms with van der Waals surface area (Å²) in [5.74, 6) is -1.40. The number of aliphatic carboxylic acids is 1. The van der Waals surface area contributed by atoms with Crippen LogP contribution in [0.3, 0.4) is 0 Å².